The first kappa shape index (κ1) is 21.4. The van der Waals surface area contributed by atoms with E-state index in [0.29, 0.717) is 37.3 Å². The monoisotopic (exact) mass is 377 g/mol. The molecule has 1 saturated heterocycles. The molecule has 1 fully saturated rings. The second kappa shape index (κ2) is 9.83. The Hall–Kier alpha value is -1.95. The van der Waals surface area contributed by atoms with Crippen LogP contribution in [0.25, 0.3) is 0 Å². The molecule has 150 valence electrons. The van der Waals surface area contributed by atoms with Crippen LogP contribution in [-0.2, 0) is 4.79 Å². The molecular formula is C21H32FN3O2. The summed E-state index contributed by atoms with van der Waals surface area (Å²) in [4.78, 5) is 29.2. The summed E-state index contributed by atoms with van der Waals surface area (Å²) >= 11 is 0. The van der Waals surface area contributed by atoms with E-state index >= 15 is 0 Å². The van der Waals surface area contributed by atoms with E-state index in [1.54, 1.807) is 4.90 Å². The second-order valence-corrected chi connectivity index (χ2v) is 7.81. The van der Waals surface area contributed by atoms with Crippen LogP contribution in [0.5, 0.6) is 0 Å². The van der Waals surface area contributed by atoms with Crippen molar-refractivity contribution in [2.75, 3.05) is 26.2 Å². The van der Waals surface area contributed by atoms with Gasteiger partial charge in [0.25, 0.3) is 5.91 Å². The maximum atomic E-state index is 13.1. The second-order valence-electron chi connectivity index (χ2n) is 7.81. The molecule has 0 radical (unpaired) electrons. The molecule has 2 amide bonds. The Morgan fingerprint density at radius 1 is 1.19 bits per heavy atom. The van der Waals surface area contributed by atoms with Crippen molar-refractivity contribution in [3.63, 3.8) is 0 Å². The van der Waals surface area contributed by atoms with E-state index in [-0.39, 0.29) is 23.5 Å². The van der Waals surface area contributed by atoms with Gasteiger partial charge in [-0.2, -0.15) is 0 Å². The van der Waals surface area contributed by atoms with Gasteiger partial charge in [-0.3, -0.25) is 14.5 Å². The number of carbonyl (C=O) groups is 2. The zero-order valence-electron chi connectivity index (χ0n) is 16.9. The number of nitrogens with zero attached hydrogens (tertiary/aromatic N) is 2. The molecular weight excluding hydrogens is 345 g/mol. The third-order valence-electron chi connectivity index (χ3n) is 5.17. The summed E-state index contributed by atoms with van der Waals surface area (Å²) < 4.78 is 13.1. The highest BCUT2D eigenvalue weighted by Crippen LogP contribution is 2.19. The average molecular weight is 378 g/mol. The first-order valence-corrected chi connectivity index (χ1v) is 9.88. The van der Waals surface area contributed by atoms with Crippen LogP contribution in [0.4, 0.5) is 4.39 Å². The molecule has 0 aliphatic carbocycles. The Balaban J connectivity index is 1.86. The Morgan fingerprint density at radius 3 is 2.41 bits per heavy atom. The fourth-order valence-electron chi connectivity index (χ4n) is 3.72. The average Bonchev–Trinajstić information content (AvgIpc) is 2.64. The molecule has 0 bridgehead atoms. The summed E-state index contributed by atoms with van der Waals surface area (Å²) in [6.07, 6.45) is 1.59. The van der Waals surface area contributed by atoms with Gasteiger partial charge in [-0.05, 0) is 64.8 Å². The van der Waals surface area contributed by atoms with E-state index in [0.717, 1.165) is 19.4 Å². The van der Waals surface area contributed by atoms with Gasteiger partial charge in [-0.1, -0.05) is 0 Å². The van der Waals surface area contributed by atoms with Crippen LogP contribution in [0.15, 0.2) is 24.3 Å². The van der Waals surface area contributed by atoms with Crippen LogP contribution in [0.2, 0.25) is 0 Å². The van der Waals surface area contributed by atoms with Crippen molar-refractivity contribution in [1.82, 2.24) is 15.1 Å². The van der Waals surface area contributed by atoms with Crippen molar-refractivity contribution in [3.05, 3.63) is 35.6 Å². The van der Waals surface area contributed by atoms with Gasteiger partial charge in [0.15, 0.2) is 0 Å². The minimum atomic E-state index is -0.362. The van der Waals surface area contributed by atoms with Crippen molar-refractivity contribution in [3.8, 4) is 0 Å². The molecule has 1 N–H and O–H groups in total. The molecule has 1 unspecified atom stereocenters. The van der Waals surface area contributed by atoms with Crippen LogP contribution in [0, 0.1) is 11.7 Å². The molecule has 1 aliphatic heterocycles. The quantitative estimate of drug-likeness (QED) is 0.795. The summed E-state index contributed by atoms with van der Waals surface area (Å²) in [6.45, 7) is 11.1. The fourth-order valence-corrected chi connectivity index (χ4v) is 3.72. The lowest BCUT2D eigenvalue weighted by Gasteiger charge is -2.33. The SMILES string of the molecule is CC(C)N(CCNC(=O)C1CCCN(C(=O)c2ccc(F)cc2)C1)C(C)C. The Labute approximate surface area is 161 Å². The number of likely N-dealkylation sites (tertiary alicyclic amines) is 1. The minimum Gasteiger partial charge on any atom is -0.355 e. The fraction of sp³-hybridized carbons (Fsp3) is 0.619. The molecule has 27 heavy (non-hydrogen) atoms. The number of rotatable bonds is 7. The predicted octanol–water partition coefficient (Wildman–Crippen LogP) is 2.91. The van der Waals surface area contributed by atoms with Gasteiger partial charge in [0, 0.05) is 43.8 Å². The predicted molar refractivity (Wildman–Crippen MR) is 105 cm³/mol. The van der Waals surface area contributed by atoms with Crippen molar-refractivity contribution in [2.24, 2.45) is 5.92 Å². The first-order valence-electron chi connectivity index (χ1n) is 9.88. The number of hydrogen-bond acceptors (Lipinski definition) is 3. The molecule has 1 aromatic carbocycles. The highest BCUT2D eigenvalue weighted by Gasteiger charge is 2.29. The Bertz CT molecular complexity index is 623. The van der Waals surface area contributed by atoms with E-state index in [1.165, 1.54) is 24.3 Å². The van der Waals surface area contributed by atoms with Crippen molar-refractivity contribution >= 4 is 11.8 Å². The number of halogens is 1. The summed E-state index contributed by atoms with van der Waals surface area (Å²) in [6, 6.07) is 6.43. The third-order valence-corrected chi connectivity index (χ3v) is 5.17. The van der Waals surface area contributed by atoms with Gasteiger partial charge in [0.05, 0.1) is 5.92 Å². The molecule has 5 nitrogen and oxygen atoms in total. The van der Waals surface area contributed by atoms with E-state index in [2.05, 4.69) is 37.9 Å². The molecule has 0 saturated carbocycles. The normalized spacial score (nSPS) is 17.6. The van der Waals surface area contributed by atoms with Crippen LogP contribution >= 0.6 is 0 Å². The zero-order chi connectivity index (χ0) is 20.0. The van der Waals surface area contributed by atoms with Crippen LogP contribution < -0.4 is 5.32 Å². The highest BCUT2D eigenvalue weighted by molar-refractivity contribution is 5.94. The molecule has 0 aromatic heterocycles. The topological polar surface area (TPSA) is 52.7 Å². The number of amides is 2. The maximum Gasteiger partial charge on any atom is 0.253 e. The summed E-state index contributed by atoms with van der Waals surface area (Å²) in [5.74, 6) is -0.675. The highest BCUT2D eigenvalue weighted by atomic mass is 19.1. The Kier molecular flexibility index (Phi) is 7.78. The Morgan fingerprint density at radius 2 is 1.81 bits per heavy atom. The van der Waals surface area contributed by atoms with Crippen LogP contribution in [-0.4, -0.2) is 59.9 Å². The van der Waals surface area contributed by atoms with E-state index < -0.39 is 0 Å². The van der Waals surface area contributed by atoms with Gasteiger partial charge < -0.3 is 10.2 Å². The molecule has 1 aliphatic rings. The van der Waals surface area contributed by atoms with E-state index in [4.69, 9.17) is 0 Å². The number of carbonyl (C=O) groups excluding carboxylic acids is 2. The smallest absolute Gasteiger partial charge is 0.253 e. The standard InChI is InChI=1S/C21H32FN3O2/c1-15(2)25(16(3)4)13-11-23-20(26)18-6-5-12-24(14-18)21(27)17-7-9-19(22)10-8-17/h7-10,15-16,18H,5-6,11-14H2,1-4H3,(H,23,26). The van der Waals surface area contributed by atoms with E-state index in [1.807, 2.05) is 0 Å². The van der Waals surface area contributed by atoms with Crippen molar-refractivity contribution < 1.29 is 14.0 Å². The molecule has 0 spiro atoms. The lowest BCUT2D eigenvalue weighted by atomic mass is 9.96. The molecule has 1 atom stereocenters. The summed E-state index contributed by atoms with van der Waals surface area (Å²) in [7, 11) is 0. The van der Waals surface area contributed by atoms with Crippen molar-refractivity contribution in [1.29, 1.82) is 0 Å². The first-order chi connectivity index (χ1) is 12.8. The largest absolute Gasteiger partial charge is 0.355 e. The van der Waals surface area contributed by atoms with Gasteiger partial charge in [-0.15, -0.1) is 0 Å². The van der Waals surface area contributed by atoms with Gasteiger partial charge in [-0.25, -0.2) is 4.39 Å². The minimum absolute atomic E-state index is 0.0130. The molecule has 6 heteroatoms. The number of piperidine rings is 1. The van der Waals surface area contributed by atoms with Gasteiger partial charge in [0.1, 0.15) is 5.82 Å². The van der Waals surface area contributed by atoms with Gasteiger partial charge >= 0.3 is 0 Å². The molecule has 1 heterocycles. The lowest BCUT2D eigenvalue weighted by molar-refractivity contribution is -0.126. The number of nitrogens with one attached hydrogen (secondary N) is 1. The maximum absolute atomic E-state index is 13.1. The van der Waals surface area contributed by atoms with Crippen molar-refractivity contribution in [2.45, 2.75) is 52.6 Å². The zero-order valence-corrected chi connectivity index (χ0v) is 16.9. The third kappa shape index (κ3) is 6.03. The number of benzene rings is 1. The summed E-state index contributed by atoms with van der Waals surface area (Å²) in [5, 5.41) is 3.03. The van der Waals surface area contributed by atoms with Crippen LogP contribution in [0.1, 0.15) is 50.9 Å². The summed E-state index contributed by atoms with van der Waals surface area (Å²) in [5.41, 5.74) is 0.460. The molecule has 2 rings (SSSR count). The number of hydrogen-bond donors (Lipinski definition) is 1. The lowest BCUT2D eigenvalue weighted by Crippen LogP contribution is -2.47. The van der Waals surface area contributed by atoms with E-state index in [9.17, 15) is 14.0 Å². The molecule has 1 aromatic rings. The van der Waals surface area contributed by atoms with Crippen LogP contribution in [0.3, 0.4) is 0 Å². The van der Waals surface area contributed by atoms with Gasteiger partial charge in [0.2, 0.25) is 5.91 Å².